The molecule has 1 N–H and O–H groups in total. The number of alkyl halides is 1. The summed E-state index contributed by atoms with van der Waals surface area (Å²) in [6.07, 6.45) is 2.32. The first-order valence-corrected chi connectivity index (χ1v) is 11.8. The molecule has 7 heteroatoms. The average molecular weight is 452 g/mol. The van der Waals surface area contributed by atoms with E-state index in [-0.39, 0.29) is 37.4 Å². The van der Waals surface area contributed by atoms with Crippen LogP contribution >= 0.6 is 0 Å². The molecule has 0 radical (unpaired) electrons. The molecule has 0 aromatic heterocycles. The van der Waals surface area contributed by atoms with Gasteiger partial charge in [-0.1, -0.05) is 20.8 Å². The molecule has 2 fully saturated rings. The lowest BCUT2D eigenvalue weighted by Gasteiger charge is -2.47. The third kappa shape index (κ3) is 5.38. The van der Waals surface area contributed by atoms with Crippen LogP contribution in [0.4, 0.5) is 4.39 Å². The van der Waals surface area contributed by atoms with E-state index < -0.39 is 5.67 Å². The van der Waals surface area contributed by atoms with Gasteiger partial charge >= 0.3 is 0 Å². The molecule has 1 aromatic carbocycles. The van der Waals surface area contributed by atoms with Crippen molar-refractivity contribution in [1.82, 2.24) is 4.90 Å². The molecule has 1 aromatic rings. The highest BCUT2D eigenvalue weighted by Gasteiger charge is 2.40. The Bertz CT molecular complexity index is 787. The van der Waals surface area contributed by atoms with Crippen molar-refractivity contribution in [2.75, 3.05) is 53.2 Å². The molecule has 3 aliphatic heterocycles. The summed E-state index contributed by atoms with van der Waals surface area (Å²) < 4.78 is 37.2. The lowest BCUT2D eigenvalue weighted by Crippen LogP contribution is -2.48. The summed E-state index contributed by atoms with van der Waals surface area (Å²) in [6.45, 7) is 9.14. The van der Waals surface area contributed by atoms with Gasteiger partial charge in [0.05, 0.1) is 39.6 Å². The number of ether oxygens (including phenoxy) is 4. The van der Waals surface area contributed by atoms with Gasteiger partial charge in [0.25, 0.3) is 0 Å². The van der Waals surface area contributed by atoms with Gasteiger partial charge in [0.2, 0.25) is 0 Å². The molecule has 3 heterocycles. The van der Waals surface area contributed by atoms with Crippen LogP contribution in [0, 0.1) is 11.3 Å². The number of aliphatic hydroxyl groups is 1. The predicted octanol–water partition coefficient (Wildman–Crippen LogP) is 3.55. The molecule has 32 heavy (non-hydrogen) atoms. The van der Waals surface area contributed by atoms with Gasteiger partial charge in [0, 0.05) is 19.1 Å². The maximum atomic E-state index is 15.1. The number of aliphatic hydroxyl groups excluding tert-OH is 1. The van der Waals surface area contributed by atoms with Gasteiger partial charge in [-0.2, -0.15) is 0 Å². The van der Waals surface area contributed by atoms with Crippen LogP contribution in [0.3, 0.4) is 0 Å². The molecule has 0 bridgehead atoms. The third-order valence-corrected chi connectivity index (χ3v) is 6.83. The Labute approximate surface area is 191 Å². The summed E-state index contributed by atoms with van der Waals surface area (Å²) in [5, 5.41) is 10.9. The summed E-state index contributed by atoms with van der Waals surface area (Å²) in [5.74, 6) is 1.43. The summed E-state index contributed by atoms with van der Waals surface area (Å²) in [5.41, 5.74) is 0.890. The molecular weight excluding hydrogens is 413 g/mol. The number of nitrogens with zero attached hydrogens (tertiary/aromatic N) is 1. The lowest BCUT2D eigenvalue weighted by atomic mass is 9.75. The zero-order valence-corrected chi connectivity index (χ0v) is 19.9. The van der Waals surface area contributed by atoms with E-state index in [1.165, 1.54) is 11.1 Å². The van der Waals surface area contributed by atoms with Crippen molar-refractivity contribution in [2.24, 2.45) is 11.3 Å². The number of halogens is 1. The van der Waals surface area contributed by atoms with Crippen LogP contribution in [-0.2, 0) is 15.9 Å². The van der Waals surface area contributed by atoms with Crippen molar-refractivity contribution in [3.8, 4) is 11.5 Å². The number of hydrogen-bond acceptors (Lipinski definition) is 6. The van der Waals surface area contributed by atoms with E-state index in [0.717, 1.165) is 32.4 Å². The molecule has 3 unspecified atom stereocenters. The standard InChI is InChI=1S/C25H38FNO5/c1-24(2,3)12-18-13-27-6-5-17-9-23(32-16-25(26)14-30-7-8-31-15-25)22(29-4)10-19(17)20(27)11-21(18)28/h9-10,18,20-21,28H,5-8,11-16H2,1-4H3. The summed E-state index contributed by atoms with van der Waals surface area (Å²) in [7, 11) is 1.60. The van der Waals surface area contributed by atoms with Crippen LogP contribution in [0.1, 0.15) is 50.8 Å². The number of methoxy groups -OCH3 is 1. The first kappa shape index (κ1) is 23.7. The SMILES string of the molecule is COc1cc2c(cc1OCC1(F)COCCOC1)CCN1CC(CC(C)(C)C)C(O)CC21. The van der Waals surface area contributed by atoms with Crippen molar-refractivity contribution >= 4 is 0 Å². The molecule has 2 saturated heterocycles. The summed E-state index contributed by atoms with van der Waals surface area (Å²) in [4.78, 5) is 2.50. The van der Waals surface area contributed by atoms with Gasteiger partial charge in [-0.05, 0) is 53.9 Å². The topological polar surface area (TPSA) is 60.4 Å². The molecule has 0 aliphatic carbocycles. The molecular formula is C25H38FNO5. The first-order valence-electron chi connectivity index (χ1n) is 11.8. The smallest absolute Gasteiger partial charge is 0.190 e. The van der Waals surface area contributed by atoms with E-state index in [1.807, 2.05) is 12.1 Å². The minimum Gasteiger partial charge on any atom is -0.493 e. The Balaban J connectivity index is 1.50. The zero-order valence-electron chi connectivity index (χ0n) is 19.9. The highest BCUT2D eigenvalue weighted by Crippen LogP contribution is 2.44. The van der Waals surface area contributed by atoms with Crippen LogP contribution in [-0.4, -0.2) is 75.0 Å². The molecule has 0 spiro atoms. The number of hydrogen-bond donors (Lipinski definition) is 1. The quantitative estimate of drug-likeness (QED) is 0.739. The van der Waals surface area contributed by atoms with E-state index in [1.54, 1.807) is 7.11 Å². The first-order chi connectivity index (χ1) is 15.2. The lowest BCUT2D eigenvalue weighted by molar-refractivity contribution is -0.0262. The Morgan fingerprint density at radius 2 is 1.91 bits per heavy atom. The second-order valence-corrected chi connectivity index (χ2v) is 10.8. The van der Waals surface area contributed by atoms with E-state index >= 15 is 4.39 Å². The van der Waals surface area contributed by atoms with Gasteiger partial charge < -0.3 is 24.1 Å². The van der Waals surface area contributed by atoms with Gasteiger partial charge in [-0.3, -0.25) is 4.90 Å². The highest BCUT2D eigenvalue weighted by molar-refractivity contribution is 5.49. The van der Waals surface area contributed by atoms with Gasteiger partial charge in [0.1, 0.15) is 6.61 Å². The van der Waals surface area contributed by atoms with E-state index in [4.69, 9.17) is 18.9 Å². The number of piperidine rings is 1. The monoisotopic (exact) mass is 451 g/mol. The molecule has 180 valence electrons. The Hall–Kier alpha value is -1.41. The van der Waals surface area contributed by atoms with Crippen molar-refractivity contribution in [3.05, 3.63) is 23.3 Å². The van der Waals surface area contributed by atoms with Gasteiger partial charge in [-0.15, -0.1) is 0 Å². The maximum Gasteiger partial charge on any atom is 0.190 e. The van der Waals surface area contributed by atoms with Crippen LogP contribution < -0.4 is 9.47 Å². The molecule has 0 amide bonds. The third-order valence-electron chi connectivity index (χ3n) is 6.83. The maximum absolute atomic E-state index is 15.1. The summed E-state index contributed by atoms with van der Waals surface area (Å²) in [6, 6.07) is 4.17. The molecule has 3 aliphatic rings. The fourth-order valence-corrected chi connectivity index (χ4v) is 5.32. The minimum atomic E-state index is -1.68. The van der Waals surface area contributed by atoms with Crippen LogP contribution in [0.25, 0.3) is 0 Å². The van der Waals surface area contributed by atoms with Crippen molar-refractivity contribution in [2.45, 2.75) is 57.8 Å². The van der Waals surface area contributed by atoms with E-state index in [2.05, 4.69) is 25.7 Å². The molecule has 6 nitrogen and oxygen atoms in total. The fraction of sp³-hybridized carbons (Fsp3) is 0.760. The van der Waals surface area contributed by atoms with Crippen molar-refractivity contribution in [1.29, 1.82) is 0 Å². The second kappa shape index (κ2) is 9.45. The highest BCUT2D eigenvalue weighted by atomic mass is 19.1. The van der Waals surface area contributed by atoms with Crippen molar-refractivity contribution in [3.63, 3.8) is 0 Å². The van der Waals surface area contributed by atoms with E-state index in [0.29, 0.717) is 30.6 Å². The van der Waals surface area contributed by atoms with Gasteiger partial charge in [0.15, 0.2) is 17.2 Å². The number of fused-ring (bicyclic) bond motifs is 3. The normalized spacial score (nSPS) is 28.4. The Kier molecular flexibility index (Phi) is 7.01. The Morgan fingerprint density at radius 3 is 2.56 bits per heavy atom. The second-order valence-electron chi connectivity index (χ2n) is 10.8. The Morgan fingerprint density at radius 1 is 1.19 bits per heavy atom. The molecule has 4 rings (SSSR count). The van der Waals surface area contributed by atoms with Crippen molar-refractivity contribution < 1.29 is 28.4 Å². The van der Waals surface area contributed by atoms with Gasteiger partial charge in [-0.25, -0.2) is 4.39 Å². The van der Waals surface area contributed by atoms with E-state index in [9.17, 15) is 5.11 Å². The largest absolute Gasteiger partial charge is 0.493 e. The zero-order chi connectivity index (χ0) is 22.9. The number of benzene rings is 1. The minimum absolute atomic E-state index is 0.0368. The van der Waals surface area contributed by atoms with Crippen LogP contribution in [0.5, 0.6) is 11.5 Å². The molecule has 3 atom stereocenters. The number of rotatable bonds is 5. The predicted molar refractivity (Wildman–Crippen MR) is 120 cm³/mol. The fourth-order valence-electron chi connectivity index (χ4n) is 5.32. The summed E-state index contributed by atoms with van der Waals surface area (Å²) >= 11 is 0. The van der Waals surface area contributed by atoms with Crippen LogP contribution in [0.2, 0.25) is 0 Å². The van der Waals surface area contributed by atoms with Crippen LogP contribution in [0.15, 0.2) is 12.1 Å². The average Bonchev–Trinajstić information content (AvgIpc) is 2.96. The molecule has 0 saturated carbocycles.